The Bertz CT molecular complexity index is 624. The third kappa shape index (κ3) is 6.14. The van der Waals surface area contributed by atoms with Gasteiger partial charge in [-0.05, 0) is 54.8 Å². The molecular formula is C19H26N4OS. The number of rotatable bonds is 7. The quantitative estimate of drug-likeness (QED) is 0.800. The van der Waals surface area contributed by atoms with Gasteiger partial charge in [-0.25, -0.2) is 4.79 Å². The second-order valence-electron chi connectivity index (χ2n) is 6.45. The lowest BCUT2D eigenvalue weighted by Crippen LogP contribution is -2.48. The molecule has 2 aromatic heterocycles. The van der Waals surface area contributed by atoms with Crippen molar-refractivity contribution in [3.05, 3.63) is 52.5 Å². The fraction of sp³-hybridized carbons (Fsp3) is 0.474. The van der Waals surface area contributed by atoms with E-state index in [0.29, 0.717) is 12.6 Å². The molecule has 1 fully saturated rings. The predicted octanol–water partition coefficient (Wildman–Crippen LogP) is 2.69. The summed E-state index contributed by atoms with van der Waals surface area (Å²) in [7, 11) is 0. The molecule has 3 heterocycles. The van der Waals surface area contributed by atoms with Crippen molar-refractivity contribution in [1.82, 2.24) is 20.5 Å². The molecule has 0 spiro atoms. The predicted molar refractivity (Wildman–Crippen MR) is 102 cm³/mol. The van der Waals surface area contributed by atoms with E-state index in [2.05, 4.69) is 44.1 Å². The molecule has 0 atom stereocenters. The zero-order valence-corrected chi connectivity index (χ0v) is 15.3. The summed E-state index contributed by atoms with van der Waals surface area (Å²) >= 11 is 1.73. The monoisotopic (exact) mass is 358 g/mol. The van der Waals surface area contributed by atoms with Crippen LogP contribution in [0.3, 0.4) is 0 Å². The first kappa shape index (κ1) is 17.9. The third-order valence-corrected chi connectivity index (χ3v) is 5.56. The van der Waals surface area contributed by atoms with Gasteiger partial charge >= 0.3 is 6.03 Å². The van der Waals surface area contributed by atoms with E-state index in [-0.39, 0.29) is 6.03 Å². The zero-order chi connectivity index (χ0) is 17.3. The molecule has 1 aliphatic heterocycles. The lowest BCUT2D eigenvalue weighted by Gasteiger charge is -2.32. The fourth-order valence-electron chi connectivity index (χ4n) is 3.13. The summed E-state index contributed by atoms with van der Waals surface area (Å²) in [5, 5.41) is 8.14. The number of nitrogens with one attached hydrogen (secondary N) is 2. The molecule has 0 aliphatic carbocycles. The van der Waals surface area contributed by atoms with Gasteiger partial charge in [0.05, 0.1) is 0 Å². The van der Waals surface area contributed by atoms with Crippen molar-refractivity contribution in [2.45, 2.75) is 31.7 Å². The number of likely N-dealkylation sites (tertiary alicyclic amines) is 1. The van der Waals surface area contributed by atoms with E-state index in [4.69, 9.17) is 0 Å². The van der Waals surface area contributed by atoms with E-state index in [1.807, 2.05) is 18.5 Å². The van der Waals surface area contributed by atoms with Crippen LogP contribution in [0.2, 0.25) is 0 Å². The van der Waals surface area contributed by atoms with Gasteiger partial charge in [-0.1, -0.05) is 6.07 Å². The van der Waals surface area contributed by atoms with Crippen molar-refractivity contribution in [2.75, 3.05) is 26.2 Å². The van der Waals surface area contributed by atoms with Crippen LogP contribution in [0.15, 0.2) is 42.0 Å². The van der Waals surface area contributed by atoms with Gasteiger partial charge in [-0.15, -0.1) is 11.3 Å². The molecule has 1 saturated heterocycles. The number of aromatic nitrogens is 1. The second-order valence-corrected chi connectivity index (χ2v) is 7.48. The highest BCUT2D eigenvalue weighted by atomic mass is 32.1. The Morgan fingerprint density at radius 2 is 2.00 bits per heavy atom. The molecule has 2 aromatic rings. The molecule has 134 valence electrons. The van der Waals surface area contributed by atoms with E-state index < -0.39 is 0 Å². The summed E-state index contributed by atoms with van der Waals surface area (Å²) < 4.78 is 0. The fourth-order valence-corrected chi connectivity index (χ4v) is 3.84. The summed E-state index contributed by atoms with van der Waals surface area (Å²) in [5.74, 6) is 0. The van der Waals surface area contributed by atoms with Gasteiger partial charge in [0, 0.05) is 49.5 Å². The molecule has 0 bridgehead atoms. The summed E-state index contributed by atoms with van der Waals surface area (Å²) in [6.45, 7) is 3.86. The van der Waals surface area contributed by atoms with Gasteiger partial charge in [-0.3, -0.25) is 4.98 Å². The molecule has 0 aromatic carbocycles. The van der Waals surface area contributed by atoms with Crippen LogP contribution in [-0.2, 0) is 12.8 Å². The van der Waals surface area contributed by atoms with Crippen LogP contribution in [-0.4, -0.2) is 48.1 Å². The van der Waals surface area contributed by atoms with Gasteiger partial charge in [0.25, 0.3) is 0 Å². The first-order chi connectivity index (χ1) is 12.3. The summed E-state index contributed by atoms with van der Waals surface area (Å²) in [6, 6.07) is 8.56. The van der Waals surface area contributed by atoms with E-state index in [1.165, 1.54) is 10.4 Å². The van der Waals surface area contributed by atoms with Crippen molar-refractivity contribution in [3.8, 4) is 0 Å². The summed E-state index contributed by atoms with van der Waals surface area (Å²) in [4.78, 5) is 19.8. The van der Waals surface area contributed by atoms with Crippen molar-refractivity contribution < 1.29 is 4.79 Å². The number of carbonyl (C=O) groups is 1. The molecule has 0 unspecified atom stereocenters. The Balaban J connectivity index is 1.28. The maximum atomic E-state index is 12.0. The molecule has 3 rings (SSSR count). The first-order valence-corrected chi connectivity index (χ1v) is 9.85. The molecule has 2 N–H and O–H groups in total. The topological polar surface area (TPSA) is 57.3 Å². The van der Waals surface area contributed by atoms with Crippen molar-refractivity contribution in [3.63, 3.8) is 0 Å². The Labute approximate surface area is 153 Å². The van der Waals surface area contributed by atoms with Crippen LogP contribution in [0.5, 0.6) is 0 Å². The molecule has 0 radical (unpaired) electrons. The zero-order valence-electron chi connectivity index (χ0n) is 14.5. The third-order valence-electron chi connectivity index (χ3n) is 4.63. The Morgan fingerprint density at radius 3 is 2.72 bits per heavy atom. The van der Waals surface area contributed by atoms with Gasteiger partial charge in [-0.2, -0.15) is 0 Å². The normalized spacial score (nSPS) is 15.8. The number of nitrogens with zero attached hydrogens (tertiary/aromatic N) is 2. The molecule has 25 heavy (non-hydrogen) atoms. The number of pyridine rings is 1. The van der Waals surface area contributed by atoms with Crippen LogP contribution in [0, 0.1) is 0 Å². The number of amides is 2. The average molecular weight is 359 g/mol. The van der Waals surface area contributed by atoms with Crippen molar-refractivity contribution in [2.24, 2.45) is 0 Å². The van der Waals surface area contributed by atoms with Crippen molar-refractivity contribution >= 4 is 17.4 Å². The largest absolute Gasteiger partial charge is 0.338 e. The van der Waals surface area contributed by atoms with Gasteiger partial charge in [0.2, 0.25) is 0 Å². The minimum absolute atomic E-state index is 0.0354. The Hall–Kier alpha value is -1.92. The smallest absolute Gasteiger partial charge is 0.315 e. The van der Waals surface area contributed by atoms with E-state index >= 15 is 0 Å². The lowest BCUT2D eigenvalue weighted by atomic mass is 10.0. The Morgan fingerprint density at radius 1 is 1.20 bits per heavy atom. The number of piperidine rings is 1. The van der Waals surface area contributed by atoms with Crippen LogP contribution in [0.4, 0.5) is 4.79 Å². The first-order valence-electron chi connectivity index (χ1n) is 8.97. The highest BCUT2D eigenvalue weighted by Gasteiger charge is 2.20. The molecule has 2 amide bonds. The SMILES string of the molecule is O=C(NCCc1cccs1)NC1CCN(CCc2ccncc2)CC1. The van der Waals surface area contributed by atoms with Gasteiger partial charge in [0.1, 0.15) is 0 Å². The second kappa shape index (κ2) is 9.53. The number of urea groups is 1. The van der Waals surface area contributed by atoms with E-state index in [0.717, 1.165) is 45.3 Å². The highest BCUT2D eigenvalue weighted by Crippen LogP contribution is 2.11. The maximum Gasteiger partial charge on any atom is 0.315 e. The van der Waals surface area contributed by atoms with Crippen LogP contribution in [0.1, 0.15) is 23.3 Å². The van der Waals surface area contributed by atoms with Crippen LogP contribution in [0.25, 0.3) is 0 Å². The average Bonchev–Trinajstić information content (AvgIpc) is 3.15. The number of hydrogen-bond donors (Lipinski definition) is 2. The molecule has 6 heteroatoms. The van der Waals surface area contributed by atoms with Crippen LogP contribution < -0.4 is 10.6 Å². The Kier molecular flexibility index (Phi) is 6.82. The molecular weight excluding hydrogens is 332 g/mol. The van der Waals surface area contributed by atoms with Crippen molar-refractivity contribution in [1.29, 1.82) is 0 Å². The molecule has 5 nitrogen and oxygen atoms in total. The molecule has 1 aliphatic rings. The minimum Gasteiger partial charge on any atom is -0.338 e. The number of thiophene rings is 1. The standard InChI is InChI=1S/C19H26N4OS/c24-19(21-11-5-18-2-1-15-25-18)22-17-7-13-23(14-8-17)12-6-16-3-9-20-10-4-16/h1-4,9-10,15,17H,5-8,11-14H2,(H2,21,22,24). The molecule has 0 saturated carbocycles. The minimum atomic E-state index is -0.0354. The van der Waals surface area contributed by atoms with Gasteiger partial charge < -0.3 is 15.5 Å². The van der Waals surface area contributed by atoms with E-state index in [1.54, 1.807) is 11.3 Å². The van der Waals surface area contributed by atoms with E-state index in [9.17, 15) is 4.79 Å². The maximum absolute atomic E-state index is 12.0. The summed E-state index contributed by atoms with van der Waals surface area (Å²) in [5.41, 5.74) is 1.33. The number of carbonyl (C=O) groups excluding carboxylic acids is 1. The highest BCUT2D eigenvalue weighted by molar-refractivity contribution is 7.09. The van der Waals surface area contributed by atoms with Gasteiger partial charge in [0.15, 0.2) is 0 Å². The number of hydrogen-bond acceptors (Lipinski definition) is 4. The lowest BCUT2D eigenvalue weighted by molar-refractivity contribution is 0.194. The van der Waals surface area contributed by atoms with Crippen LogP contribution >= 0.6 is 11.3 Å². The summed E-state index contributed by atoms with van der Waals surface area (Å²) in [6.07, 6.45) is 7.71.